The van der Waals surface area contributed by atoms with Crippen molar-refractivity contribution in [2.75, 3.05) is 4.90 Å². The molecule has 0 spiro atoms. The van der Waals surface area contributed by atoms with Crippen molar-refractivity contribution in [3.63, 3.8) is 0 Å². The van der Waals surface area contributed by atoms with Gasteiger partial charge in [-0.05, 0) is 134 Å². The predicted octanol–water partition coefficient (Wildman–Crippen LogP) is 18.4. The van der Waals surface area contributed by atoms with Gasteiger partial charge in [0.05, 0.1) is 0 Å². The lowest BCUT2D eigenvalue weighted by Crippen LogP contribution is -2.15. The third-order valence-corrected chi connectivity index (χ3v) is 15.0. The van der Waals surface area contributed by atoms with E-state index in [-0.39, 0.29) is 5.41 Å². The lowest BCUT2D eigenvalue weighted by Gasteiger charge is -2.26. The molecule has 0 atom stereocenters. The van der Waals surface area contributed by atoms with Crippen molar-refractivity contribution in [2.24, 2.45) is 0 Å². The van der Waals surface area contributed by atoms with Crippen LogP contribution in [0, 0.1) is 0 Å². The zero-order valence-electron chi connectivity index (χ0n) is 36.6. The van der Waals surface area contributed by atoms with E-state index in [4.69, 9.17) is 4.42 Å². The number of nitrogens with zero attached hydrogens (tertiary/aromatic N) is 1. The molecule has 13 rings (SSSR count). The van der Waals surface area contributed by atoms with Crippen LogP contribution in [-0.2, 0) is 5.41 Å². The van der Waals surface area contributed by atoms with E-state index in [2.05, 4.69) is 231 Å². The molecule has 0 saturated carbocycles. The molecule has 0 aliphatic heterocycles. The van der Waals surface area contributed by atoms with Crippen LogP contribution in [0.15, 0.2) is 229 Å². The molecule has 0 amide bonds. The summed E-state index contributed by atoms with van der Waals surface area (Å²) in [6.07, 6.45) is 0. The summed E-state index contributed by atoms with van der Waals surface area (Å²) in [6.45, 7) is 4.72. The number of hydrogen-bond acceptors (Lipinski definition) is 3. The molecule has 2 nitrogen and oxygen atoms in total. The average Bonchev–Trinajstić information content (AvgIpc) is 4.02. The van der Waals surface area contributed by atoms with Crippen LogP contribution in [0.3, 0.4) is 0 Å². The number of rotatable bonds is 7. The van der Waals surface area contributed by atoms with Crippen molar-refractivity contribution < 1.29 is 4.42 Å². The molecule has 1 aliphatic rings. The van der Waals surface area contributed by atoms with Crippen LogP contribution in [0.1, 0.15) is 25.0 Å². The van der Waals surface area contributed by atoms with Crippen LogP contribution in [0.2, 0.25) is 0 Å². The van der Waals surface area contributed by atoms with Crippen LogP contribution in [0.25, 0.3) is 97.7 Å². The Morgan fingerprint density at radius 1 is 0.348 bits per heavy atom. The minimum absolute atomic E-state index is 0.107. The second-order valence-corrected chi connectivity index (χ2v) is 19.2. The lowest BCUT2D eigenvalue weighted by atomic mass is 9.81. The van der Waals surface area contributed by atoms with Gasteiger partial charge in [-0.25, -0.2) is 0 Å². The van der Waals surface area contributed by atoms with Gasteiger partial charge < -0.3 is 9.32 Å². The molecule has 0 N–H and O–H groups in total. The fourth-order valence-corrected chi connectivity index (χ4v) is 11.6. The van der Waals surface area contributed by atoms with Crippen LogP contribution >= 0.6 is 11.3 Å². The fourth-order valence-electron chi connectivity index (χ4n) is 10.5. The fraction of sp³-hybridized carbons (Fsp3) is 0.0476. The Bertz CT molecular complexity index is 3840. The Labute approximate surface area is 388 Å². The highest BCUT2D eigenvalue weighted by atomic mass is 32.1. The van der Waals surface area contributed by atoms with Crippen LogP contribution in [-0.4, -0.2) is 0 Å². The summed E-state index contributed by atoms with van der Waals surface area (Å²) >= 11 is 1.86. The van der Waals surface area contributed by atoms with Gasteiger partial charge in [0.1, 0.15) is 11.2 Å². The minimum atomic E-state index is -0.107. The molecule has 0 bridgehead atoms. The lowest BCUT2D eigenvalue weighted by molar-refractivity contribution is 0.660. The molecule has 312 valence electrons. The summed E-state index contributed by atoms with van der Waals surface area (Å²) in [4.78, 5) is 2.38. The third-order valence-electron chi connectivity index (χ3n) is 13.9. The van der Waals surface area contributed by atoms with E-state index in [0.29, 0.717) is 0 Å². The highest BCUT2D eigenvalue weighted by Gasteiger charge is 2.36. The highest BCUT2D eigenvalue weighted by molar-refractivity contribution is 7.25. The molecule has 10 aromatic carbocycles. The molecule has 0 radical (unpaired) electrons. The van der Waals surface area contributed by atoms with Gasteiger partial charge in [0.25, 0.3) is 0 Å². The number of fused-ring (bicyclic) bond motifs is 9. The largest absolute Gasteiger partial charge is 0.455 e. The van der Waals surface area contributed by atoms with Crippen LogP contribution < -0.4 is 4.90 Å². The number of hydrogen-bond donors (Lipinski definition) is 0. The van der Waals surface area contributed by atoms with Gasteiger partial charge in [-0.3, -0.25) is 0 Å². The van der Waals surface area contributed by atoms with Crippen LogP contribution in [0.4, 0.5) is 17.1 Å². The van der Waals surface area contributed by atoms with Gasteiger partial charge in [-0.15, -0.1) is 11.3 Å². The molecule has 0 saturated heterocycles. The van der Waals surface area contributed by atoms with Crippen molar-refractivity contribution in [1.29, 1.82) is 0 Å². The maximum atomic E-state index is 6.47. The monoisotopic (exact) mass is 861 g/mol. The van der Waals surface area contributed by atoms with Gasteiger partial charge >= 0.3 is 0 Å². The Balaban J connectivity index is 0.898. The van der Waals surface area contributed by atoms with Crippen molar-refractivity contribution in [3.8, 4) is 55.6 Å². The molecule has 0 fully saturated rings. The van der Waals surface area contributed by atoms with E-state index in [1.807, 2.05) is 23.5 Å². The average molecular weight is 862 g/mol. The number of anilines is 3. The van der Waals surface area contributed by atoms with Crippen molar-refractivity contribution in [2.45, 2.75) is 19.3 Å². The van der Waals surface area contributed by atoms with Crippen molar-refractivity contribution in [1.82, 2.24) is 0 Å². The first kappa shape index (κ1) is 38.5. The Hall–Kier alpha value is -7.98. The Kier molecular flexibility index (Phi) is 8.78. The zero-order chi connectivity index (χ0) is 43.9. The first-order chi connectivity index (χ1) is 32.4. The highest BCUT2D eigenvalue weighted by Crippen LogP contribution is 2.51. The minimum Gasteiger partial charge on any atom is -0.455 e. The van der Waals surface area contributed by atoms with Crippen LogP contribution in [0.5, 0.6) is 0 Å². The first-order valence-electron chi connectivity index (χ1n) is 22.7. The molecule has 2 aromatic heterocycles. The van der Waals surface area contributed by atoms with Crippen molar-refractivity contribution >= 4 is 70.5 Å². The maximum Gasteiger partial charge on any atom is 0.143 e. The first-order valence-corrected chi connectivity index (χ1v) is 23.5. The molecule has 2 heterocycles. The number of thiophene rings is 1. The standard InChI is InChI=1S/C63H43NOS/c1-63(2)57-34-27-45(37-55(57)51-33-26-46(39-58(51)63)40-12-4-3-5-13-40)43-14-10-15-49(36-43)64(47-29-22-41(23-30-47)44-28-35-61-56(38-44)53-17-7-9-21-60(53)66-61)48-31-24-42(25-32-48)50-18-11-19-54-52-16-6-8-20-59(52)65-62(50)54/h3-39H,1-2H3. The molecule has 1 aliphatic carbocycles. The SMILES string of the molecule is CC1(C)c2ccc(-c3cccc(N(c4ccc(-c5ccc6sc7ccccc7c6c5)cc4)c4ccc(-c5cccc6c5oc5ccccc56)cc4)c3)cc2-c2ccc(-c3ccccc3)cc21. The second-order valence-electron chi connectivity index (χ2n) is 18.1. The quantitative estimate of drug-likeness (QED) is 0.159. The Morgan fingerprint density at radius 2 is 0.939 bits per heavy atom. The summed E-state index contributed by atoms with van der Waals surface area (Å²) in [5.74, 6) is 0. The molecule has 12 aromatic rings. The Morgan fingerprint density at radius 3 is 1.77 bits per heavy atom. The summed E-state index contributed by atoms with van der Waals surface area (Å²) in [7, 11) is 0. The molecule has 66 heavy (non-hydrogen) atoms. The topological polar surface area (TPSA) is 16.4 Å². The summed E-state index contributed by atoms with van der Waals surface area (Å²) in [6, 6.07) is 82.1. The molecule has 3 heteroatoms. The van der Waals surface area contributed by atoms with E-state index in [0.717, 1.165) is 50.1 Å². The second kappa shape index (κ2) is 15.1. The predicted molar refractivity (Wildman–Crippen MR) is 281 cm³/mol. The number of furan rings is 1. The van der Waals surface area contributed by atoms with E-state index >= 15 is 0 Å². The number of benzene rings is 10. The molecule has 0 unspecified atom stereocenters. The van der Waals surface area contributed by atoms with Gasteiger partial charge in [-0.2, -0.15) is 0 Å². The summed E-state index contributed by atoms with van der Waals surface area (Å²) in [5, 5.41) is 4.89. The molecular formula is C63H43NOS. The smallest absolute Gasteiger partial charge is 0.143 e. The summed E-state index contributed by atoms with van der Waals surface area (Å²) < 4.78 is 9.11. The van der Waals surface area contributed by atoms with Gasteiger partial charge in [0, 0.05) is 59.0 Å². The summed E-state index contributed by atoms with van der Waals surface area (Å²) in [5.41, 5.74) is 19.8. The zero-order valence-corrected chi connectivity index (χ0v) is 37.4. The third kappa shape index (κ3) is 6.23. The van der Waals surface area contributed by atoms with E-state index in [9.17, 15) is 0 Å². The van der Waals surface area contributed by atoms with Gasteiger partial charge in [0.2, 0.25) is 0 Å². The van der Waals surface area contributed by atoms with E-state index < -0.39 is 0 Å². The number of para-hydroxylation sites is 2. The van der Waals surface area contributed by atoms with E-state index in [1.54, 1.807) is 0 Å². The van der Waals surface area contributed by atoms with Gasteiger partial charge in [-0.1, -0.05) is 166 Å². The van der Waals surface area contributed by atoms with Crippen molar-refractivity contribution in [3.05, 3.63) is 236 Å². The van der Waals surface area contributed by atoms with Gasteiger partial charge in [0.15, 0.2) is 0 Å². The normalized spacial score (nSPS) is 12.8. The maximum absolute atomic E-state index is 6.47. The molecular weight excluding hydrogens is 819 g/mol. The van der Waals surface area contributed by atoms with E-state index in [1.165, 1.54) is 75.8 Å².